The number of hydrogen-bond acceptors (Lipinski definition) is 7. The molecule has 218 valence electrons. The van der Waals surface area contributed by atoms with Gasteiger partial charge in [0.15, 0.2) is 11.6 Å². The van der Waals surface area contributed by atoms with E-state index in [1.165, 1.54) is 0 Å². The third kappa shape index (κ3) is 5.95. The minimum Gasteiger partial charge on any atom is -0.444 e. The lowest BCUT2D eigenvalue weighted by atomic mass is 10.1. The van der Waals surface area contributed by atoms with Gasteiger partial charge in [-0.1, -0.05) is 4.21 Å². The number of carbonyl (C=O) groups excluding carboxylic acids is 1. The Morgan fingerprint density at radius 2 is 1.85 bits per heavy atom. The van der Waals surface area contributed by atoms with Gasteiger partial charge in [0.05, 0.1) is 19.3 Å². The van der Waals surface area contributed by atoms with Crippen molar-refractivity contribution in [3.8, 4) is 11.4 Å². The summed E-state index contributed by atoms with van der Waals surface area (Å²) in [5, 5.41) is 2.68. The van der Waals surface area contributed by atoms with Gasteiger partial charge in [-0.3, -0.25) is 5.32 Å². The number of nitrogens with one attached hydrogen (secondary N) is 1. The van der Waals surface area contributed by atoms with E-state index in [2.05, 4.69) is 5.32 Å². The van der Waals surface area contributed by atoms with Gasteiger partial charge >= 0.3 is 6.09 Å². The summed E-state index contributed by atoms with van der Waals surface area (Å²) in [5.41, 5.74) is 0.730. The first-order valence-electron chi connectivity index (χ1n) is 13.3. The molecule has 9 nitrogen and oxygen atoms in total. The zero-order chi connectivity index (χ0) is 29.6. The molecule has 1 unspecified atom stereocenters. The van der Waals surface area contributed by atoms with Gasteiger partial charge in [-0.25, -0.2) is 23.5 Å². The monoisotopic (exact) mass is 587 g/mol. The Bertz CT molecular complexity index is 1510. The van der Waals surface area contributed by atoms with Crippen LogP contribution < -0.4 is 10.2 Å². The lowest BCUT2D eigenvalue weighted by Gasteiger charge is -2.34. The molecule has 2 aromatic carbocycles. The van der Waals surface area contributed by atoms with Crippen molar-refractivity contribution in [2.75, 3.05) is 30.0 Å². The summed E-state index contributed by atoms with van der Waals surface area (Å²) in [6.45, 7) is 8.82. The van der Waals surface area contributed by atoms with Gasteiger partial charge in [-0.05, 0) is 64.1 Å². The van der Waals surface area contributed by atoms with E-state index in [0.717, 1.165) is 18.2 Å². The van der Waals surface area contributed by atoms with Gasteiger partial charge in [0.1, 0.15) is 22.9 Å². The van der Waals surface area contributed by atoms with Gasteiger partial charge < -0.3 is 14.4 Å². The lowest BCUT2D eigenvalue weighted by molar-refractivity contribution is 0.0636. The number of hydrogen-bond donors (Lipinski definition) is 2. The molecule has 12 heteroatoms. The first-order chi connectivity index (χ1) is 19.3. The van der Waals surface area contributed by atoms with E-state index >= 15 is 0 Å². The molecule has 2 atom stereocenters. The van der Waals surface area contributed by atoms with Crippen LogP contribution >= 0.6 is 0 Å². The Morgan fingerprint density at radius 3 is 2.49 bits per heavy atom. The van der Waals surface area contributed by atoms with Crippen LogP contribution in [0.3, 0.4) is 0 Å². The maximum absolute atomic E-state index is 14.7. The molecule has 0 radical (unpaired) electrons. The minimum atomic E-state index is -4.09. The highest BCUT2D eigenvalue weighted by Gasteiger charge is 2.68. The van der Waals surface area contributed by atoms with Crippen LogP contribution in [-0.4, -0.2) is 52.0 Å². The second-order valence-electron chi connectivity index (χ2n) is 11.4. The highest BCUT2D eigenvalue weighted by molar-refractivity contribution is 7.99. The Labute approximate surface area is 238 Å². The summed E-state index contributed by atoms with van der Waals surface area (Å²) in [6.07, 6.45) is -0.0537. The molecule has 2 heterocycles. The predicted molar refractivity (Wildman–Crippen MR) is 151 cm³/mol. The third-order valence-corrected chi connectivity index (χ3v) is 9.64. The number of carbonyl (C=O) groups is 1. The van der Waals surface area contributed by atoms with Crippen LogP contribution in [0.4, 0.5) is 25.1 Å². The van der Waals surface area contributed by atoms with Gasteiger partial charge in [0, 0.05) is 42.8 Å². The van der Waals surface area contributed by atoms with Crippen molar-refractivity contribution in [1.82, 2.24) is 9.97 Å². The SMILES string of the molecule is C[C@H]1COCCN1c1cc(C2([S+](=O)(O)c3cc(F)ccc3F)CC2)nc(-c2ccc(NC(=O)OC(C)(C)C)cc2)n1. The zero-order valence-corrected chi connectivity index (χ0v) is 24.1. The van der Waals surface area contributed by atoms with E-state index in [4.69, 9.17) is 19.4 Å². The van der Waals surface area contributed by atoms with E-state index in [1.54, 1.807) is 51.1 Å². The number of morpholine rings is 1. The molecule has 2 fully saturated rings. The molecule has 2 N–H and O–H groups in total. The number of halogens is 2. The van der Waals surface area contributed by atoms with Crippen molar-refractivity contribution in [3.05, 3.63) is 65.9 Å². The standard InChI is InChI=1S/C29H32F2N4O5S/c1-18-17-39-14-13-35(18)25-16-24(29(11-12-29)41(37,38)23-15-20(30)7-10-22(23)31)33-26(34-25)19-5-8-21(9-6-19)32-27(36)40-28(2,3)4/h5-10,15-16,18H,11-14,17H2,1-4H3,(H-,32,33,34,36,37,38)/p+1/t18-/m0/s1. The Hall–Kier alpha value is -3.48. The average Bonchev–Trinajstić information content (AvgIpc) is 3.72. The Balaban J connectivity index is 1.55. The van der Waals surface area contributed by atoms with Gasteiger partial charge in [-0.2, -0.15) is 4.55 Å². The highest BCUT2D eigenvalue weighted by atomic mass is 32.3. The summed E-state index contributed by atoms with van der Waals surface area (Å²) in [6, 6.07) is 11.0. The fourth-order valence-electron chi connectivity index (χ4n) is 4.82. The Morgan fingerprint density at radius 1 is 1.15 bits per heavy atom. The molecule has 1 aromatic heterocycles. The predicted octanol–water partition coefficient (Wildman–Crippen LogP) is 6.01. The number of anilines is 2. The number of amides is 1. The third-order valence-electron chi connectivity index (χ3n) is 7.05. The maximum Gasteiger partial charge on any atom is 0.412 e. The molecule has 1 amide bonds. The van der Waals surface area contributed by atoms with Gasteiger partial charge in [0.25, 0.3) is 10.2 Å². The van der Waals surface area contributed by atoms with Crippen LogP contribution in [0.25, 0.3) is 11.4 Å². The molecule has 1 aliphatic heterocycles. The first-order valence-corrected chi connectivity index (χ1v) is 14.9. The fraction of sp³-hybridized carbons (Fsp3) is 0.414. The van der Waals surface area contributed by atoms with Crippen molar-refractivity contribution in [3.63, 3.8) is 0 Å². The topological polar surface area (TPSA) is 114 Å². The normalized spacial score (nSPS) is 19.8. The van der Waals surface area contributed by atoms with Crippen LogP contribution in [-0.2, 0) is 28.6 Å². The molecule has 0 bridgehead atoms. The minimum absolute atomic E-state index is 0.0194. The van der Waals surface area contributed by atoms with Gasteiger partial charge in [0.2, 0.25) is 9.64 Å². The molecule has 5 rings (SSSR count). The van der Waals surface area contributed by atoms with E-state index in [0.29, 0.717) is 42.7 Å². The second kappa shape index (κ2) is 10.7. The quantitative estimate of drug-likeness (QED) is 0.337. The van der Waals surface area contributed by atoms with Crippen LogP contribution in [0.5, 0.6) is 0 Å². The van der Waals surface area contributed by atoms with Crippen molar-refractivity contribution in [2.24, 2.45) is 0 Å². The number of aromatic nitrogens is 2. The van der Waals surface area contributed by atoms with Crippen LogP contribution in [0, 0.1) is 11.6 Å². The number of benzene rings is 2. The lowest BCUT2D eigenvalue weighted by Crippen LogP contribution is -2.44. The maximum atomic E-state index is 14.7. The molecule has 1 aliphatic carbocycles. The summed E-state index contributed by atoms with van der Waals surface area (Å²) in [7, 11) is -4.09. The molecular formula is C29H33F2N4O5S+. The van der Waals surface area contributed by atoms with E-state index < -0.39 is 43.2 Å². The van der Waals surface area contributed by atoms with Crippen molar-refractivity contribution >= 4 is 27.8 Å². The molecule has 41 heavy (non-hydrogen) atoms. The summed E-state index contributed by atoms with van der Waals surface area (Å²) in [5.74, 6) is -0.918. The van der Waals surface area contributed by atoms with Crippen LogP contribution in [0.15, 0.2) is 53.4 Å². The highest BCUT2D eigenvalue weighted by Crippen LogP contribution is 2.58. The molecule has 1 saturated carbocycles. The van der Waals surface area contributed by atoms with Crippen molar-refractivity contribution < 1.29 is 31.8 Å². The average molecular weight is 588 g/mol. The van der Waals surface area contributed by atoms with Crippen LogP contribution in [0.2, 0.25) is 0 Å². The molecule has 2 aliphatic rings. The summed E-state index contributed by atoms with van der Waals surface area (Å²) in [4.78, 5) is 23.1. The summed E-state index contributed by atoms with van der Waals surface area (Å²) < 4.78 is 63.5. The largest absolute Gasteiger partial charge is 0.444 e. The van der Waals surface area contributed by atoms with E-state index in [1.807, 2.05) is 11.8 Å². The Kier molecular flexibility index (Phi) is 7.60. The molecular weight excluding hydrogens is 554 g/mol. The number of rotatable bonds is 6. The second-order valence-corrected chi connectivity index (χ2v) is 13.6. The van der Waals surface area contributed by atoms with Crippen LogP contribution in [0.1, 0.15) is 46.2 Å². The zero-order valence-electron chi connectivity index (χ0n) is 23.3. The smallest absolute Gasteiger partial charge is 0.412 e. The van der Waals surface area contributed by atoms with Crippen molar-refractivity contribution in [2.45, 2.75) is 61.8 Å². The van der Waals surface area contributed by atoms with Crippen molar-refractivity contribution in [1.29, 1.82) is 0 Å². The number of nitrogens with zero attached hydrogens (tertiary/aromatic N) is 3. The molecule has 0 spiro atoms. The van der Waals surface area contributed by atoms with E-state index in [9.17, 15) is 22.3 Å². The number of ether oxygens (including phenoxy) is 2. The molecule has 1 saturated heterocycles. The summed E-state index contributed by atoms with van der Waals surface area (Å²) >= 11 is 0. The molecule has 3 aromatic rings. The fourth-order valence-corrected chi connectivity index (χ4v) is 6.89. The first kappa shape index (κ1) is 29.0. The van der Waals surface area contributed by atoms with E-state index in [-0.39, 0.29) is 24.6 Å². The van der Waals surface area contributed by atoms with Gasteiger partial charge in [-0.15, -0.1) is 0 Å².